The Labute approximate surface area is 154 Å². The van der Waals surface area contributed by atoms with E-state index in [0.717, 1.165) is 25.1 Å². The van der Waals surface area contributed by atoms with Gasteiger partial charge in [0.1, 0.15) is 5.69 Å². The van der Waals surface area contributed by atoms with Crippen LogP contribution in [0.15, 0.2) is 36.5 Å². The third-order valence-corrected chi connectivity index (χ3v) is 4.41. The third kappa shape index (κ3) is 4.79. The molecule has 1 aliphatic heterocycles. The molecule has 0 saturated carbocycles. The van der Waals surface area contributed by atoms with Gasteiger partial charge in [-0.25, -0.2) is 9.97 Å². The first-order valence-electron chi connectivity index (χ1n) is 9.02. The number of hydrogen-bond acceptors (Lipinski definition) is 5. The number of carbonyl (C=O) groups excluding carboxylic acids is 1. The zero-order valence-corrected chi connectivity index (χ0v) is 15.6. The van der Waals surface area contributed by atoms with E-state index in [-0.39, 0.29) is 17.4 Å². The van der Waals surface area contributed by atoms with Crippen molar-refractivity contribution in [2.75, 3.05) is 18.5 Å². The SMILES string of the molecule is CC(C)(C)c1ccc(Nc2nccc(C(=O)NCC3CCCO3)n2)cc1. The number of carbonyl (C=O) groups is 1. The van der Waals surface area contributed by atoms with Gasteiger partial charge in [-0.3, -0.25) is 4.79 Å². The van der Waals surface area contributed by atoms with Crippen LogP contribution in [0.2, 0.25) is 0 Å². The molecule has 138 valence electrons. The van der Waals surface area contributed by atoms with Crippen LogP contribution in [0, 0.1) is 0 Å². The molecular formula is C20H26N4O2. The largest absolute Gasteiger partial charge is 0.376 e. The zero-order chi connectivity index (χ0) is 18.6. The lowest BCUT2D eigenvalue weighted by Gasteiger charge is -2.19. The van der Waals surface area contributed by atoms with Crippen LogP contribution in [0.3, 0.4) is 0 Å². The molecule has 3 rings (SSSR count). The van der Waals surface area contributed by atoms with E-state index in [2.05, 4.69) is 53.5 Å². The Bertz CT molecular complexity index is 747. The minimum atomic E-state index is -0.214. The fourth-order valence-electron chi connectivity index (χ4n) is 2.83. The van der Waals surface area contributed by atoms with Crippen molar-refractivity contribution in [3.8, 4) is 0 Å². The molecule has 6 heteroatoms. The minimum absolute atomic E-state index is 0.107. The molecule has 0 aliphatic carbocycles. The van der Waals surface area contributed by atoms with Gasteiger partial charge in [0.2, 0.25) is 5.95 Å². The molecule has 1 aliphatic rings. The Morgan fingerprint density at radius 3 is 2.65 bits per heavy atom. The maximum atomic E-state index is 12.3. The van der Waals surface area contributed by atoms with Gasteiger partial charge in [0.25, 0.3) is 5.91 Å². The second kappa shape index (κ2) is 7.83. The van der Waals surface area contributed by atoms with Gasteiger partial charge in [-0.15, -0.1) is 0 Å². The fraction of sp³-hybridized carbons (Fsp3) is 0.450. The summed E-state index contributed by atoms with van der Waals surface area (Å²) in [5.41, 5.74) is 2.59. The molecule has 1 fully saturated rings. The van der Waals surface area contributed by atoms with Crippen LogP contribution in [0.4, 0.5) is 11.6 Å². The molecule has 26 heavy (non-hydrogen) atoms. The molecule has 0 spiro atoms. The lowest BCUT2D eigenvalue weighted by atomic mass is 9.87. The molecule has 1 aromatic heterocycles. The van der Waals surface area contributed by atoms with Gasteiger partial charge >= 0.3 is 0 Å². The number of amides is 1. The Kier molecular flexibility index (Phi) is 5.52. The van der Waals surface area contributed by atoms with Crippen molar-refractivity contribution in [3.63, 3.8) is 0 Å². The number of nitrogens with one attached hydrogen (secondary N) is 2. The number of hydrogen-bond donors (Lipinski definition) is 2. The number of anilines is 2. The van der Waals surface area contributed by atoms with E-state index in [1.165, 1.54) is 5.56 Å². The lowest BCUT2D eigenvalue weighted by molar-refractivity contribution is 0.0853. The summed E-state index contributed by atoms with van der Waals surface area (Å²) in [4.78, 5) is 20.8. The Balaban J connectivity index is 1.62. The molecule has 0 radical (unpaired) electrons. The van der Waals surface area contributed by atoms with Gasteiger partial charge in [0.15, 0.2) is 0 Å². The molecule has 6 nitrogen and oxygen atoms in total. The maximum absolute atomic E-state index is 12.3. The van der Waals surface area contributed by atoms with E-state index in [1.54, 1.807) is 12.3 Å². The van der Waals surface area contributed by atoms with Crippen LogP contribution in [0.5, 0.6) is 0 Å². The first-order valence-corrected chi connectivity index (χ1v) is 9.02. The van der Waals surface area contributed by atoms with Gasteiger partial charge in [-0.2, -0.15) is 0 Å². The van der Waals surface area contributed by atoms with Crippen molar-refractivity contribution in [2.24, 2.45) is 0 Å². The van der Waals surface area contributed by atoms with Gasteiger partial charge in [0.05, 0.1) is 6.10 Å². The van der Waals surface area contributed by atoms with E-state index in [9.17, 15) is 4.79 Å². The summed E-state index contributed by atoms with van der Waals surface area (Å²) in [6.07, 6.45) is 3.73. The fourth-order valence-corrected chi connectivity index (χ4v) is 2.83. The van der Waals surface area contributed by atoms with Crippen molar-refractivity contribution in [2.45, 2.75) is 45.1 Å². The summed E-state index contributed by atoms with van der Waals surface area (Å²) in [6, 6.07) is 9.77. The first-order chi connectivity index (χ1) is 12.4. The number of ether oxygens (including phenoxy) is 1. The lowest BCUT2D eigenvalue weighted by Crippen LogP contribution is -2.32. The summed E-state index contributed by atoms with van der Waals surface area (Å²) in [5, 5.41) is 6.02. The highest BCUT2D eigenvalue weighted by molar-refractivity contribution is 5.92. The number of rotatable bonds is 5. The molecule has 1 unspecified atom stereocenters. The molecular weight excluding hydrogens is 328 g/mol. The second-order valence-corrected chi connectivity index (χ2v) is 7.56. The monoisotopic (exact) mass is 354 g/mol. The third-order valence-electron chi connectivity index (χ3n) is 4.41. The van der Waals surface area contributed by atoms with Crippen LogP contribution in [-0.2, 0) is 10.2 Å². The molecule has 1 amide bonds. The van der Waals surface area contributed by atoms with Crippen LogP contribution >= 0.6 is 0 Å². The summed E-state index contributed by atoms with van der Waals surface area (Å²) in [6.45, 7) is 7.82. The average Bonchev–Trinajstić information content (AvgIpc) is 3.13. The molecule has 2 heterocycles. The predicted molar refractivity (Wildman–Crippen MR) is 102 cm³/mol. The summed E-state index contributed by atoms with van der Waals surface area (Å²) in [5.74, 6) is 0.187. The van der Waals surface area contributed by atoms with E-state index >= 15 is 0 Å². The summed E-state index contributed by atoms with van der Waals surface area (Å²) in [7, 11) is 0. The number of nitrogens with zero attached hydrogens (tertiary/aromatic N) is 2. The molecule has 2 N–H and O–H groups in total. The van der Waals surface area contributed by atoms with Crippen molar-refractivity contribution in [1.82, 2.24) is 15.3 Å². The highest BCUT2D eigenvalue weighted by Crippen LogP contribution is 2.24. The molecule has 2 aromatic rings. The van der Waals surface area contributed by atoms with Gasteiger partial charge < -0.3 is 15.4 Å². The van der Waals surface area contributed by atoms with Crippen molar-refractivity contribution < 1.29 is 9.53 Å². The van der Waals surface area contributed by atoms with Crippen LogP contribution in [-0.4, -0.2) is 35.1 Å². The Morgan fingerprint density at radius 1 is 1.23 bits per heavy atom. The van der Waals surface area contributed by atoms with Crippen molar-refractivity contribution >= 4 is 17.5 Å². The van der Waals surface area contributed by atoms with Crippen molar-refractivity contribution in [3.05, 3.63) is 47.8 Å². The van der Waals surface area contributed by atoms with Gasteiger partial charge in [0, 0.05) is 25.0 Å². The smallest absolute Gasteiger partial charge is 0.270 e. The van der Waals surface area contributed by atoms with E-state index < -0.39 is 0 Å². The van der Waals surface area contributed by atoms with Crippen molar-refractivity contribution in [1.29, 1.82) is 0 Å². The minimum Gasteiger partial charge on any atom is -0.376 e. The normalized spacial score (nSPS) is 17.1. The Morgan fingerprint density at radius 2 is 2.00 bits per heavy atom. The molecule has 1 atom stereocenters. The quantitative estimate of drug-likeness (QED) is 0.860. The van der Waals surface area contributed by atoms with Crippen LogP contribution < -0.4 is 10.6 Å². The molecule has 0 bridgehead atoms. The summed E-state index contributed by atoms with van der Waals surface area (Å²) >= 11 is 0. The zero-order valence-electron chi connectivity index (χ0n) is 15.6. The van der Waals surface area contributed by atoms with E-state index in [4.69, 9.17) is 4.74 Å². The highest BCUT2D eigenvalue weighted by Gasteiger charge is 2.17. The first kappa shape index (κ1) is 18.3. The van der Waals surface area contributed by atoms with Gasteiger partial charge in [-0.05, 0) is 42.0 Å². The Hall–Kier alpha value is -2.47. The molecule has 1 aromatic carbocycles. The summed E-state index contributed by atoms with van der Waals surface area (Å²) < 4.78 is 5.52. The average molecular weight is 354 g/mol. The highest BCUT2D eigenvalue weighted by atomic mass is 16.5. The van der Waals surface area contributed by atoms with E-state index in [0.29, 0.717) is 18.2 Å². The molecule has 1 saturated heterocycles. The topological polar surface area (TPSA) is 76.1 Å². The van der Waals surface area contributed by atoms with Crippen LogP contribution in [0.25, 0.3) is 0 Å². The number of benzene rings is 1. The second-order valence-electron chi connectivity index (χ2n) is 7.56. The van der Waals surface area contributed by atoms with Crippen LogP contribution in [0.1, 0.15) is 49.7 Å². The predicted octanol–water partition coefficient (Wildman–Crippen LogP) is 3.43. The number of aromatic nitrogens is 2. The van der Waals surface area contributed by atoms with E-state index in [1.807, 2.05) is 12.1 Å². The standard InChI is InChI=1S/C20H26N4O2/c1-20(2,3)14-6-8-15(9-7-14)23-19-21-11-10-17(24-19)18(25)22-13-16-5-4-12-26-16/h6-11,16H,4-5,12-13H2,1-3H3,(H,22,25)(H,21,23,24). The maximum Gasteiger partial charge on any atom is 0.270 e. The van der Waals surface area contributed by atoms with Gasteiger partial charge in [-0.1, -0.05) is 32.9 Å².